The van der Waals surface area contributed by atoms with E-state index in [2.05, 4.69) is 0 Å². The van der Waals surface area contributed by atoms with E-state index in [4.69, 9.17) is 9.47 Å². The van der Waals surface area contributed by atoms with Crippen LogP contribution in [0.5, 0.6) is 5.75 Å². The molecule has 2 aromatic carbocycles. The van der Waals surface area contributed by atoms with Crippen LogP contribution in [-0.4, -0.2) is 38.6 Å². The molecular formula is C24H30FNO4S. The van der Waals surface area contributed by atoms with E-state index in [-0.39, 0.29) is 12.6 Å². The molecule has 2 saturated heterocycles. The van der Waals surface area contributed by atoms with Crippen molar-refractivity contribution in [1.82, 2.24) is 4.31 Å². The number of sulfonamides is 1. The zero-order chi connectivity index (χ0) is 21.8. The van der Waals surface area contributed by atoms with E-state index in [9.17, 15) is 12.8 Å². The van der Waals surface area contributed by atoms with Gasteiger partial charge in [0, 0.05) is 37.4 Å². The van der Waals surface area contributed by atoms with Crippen molar-refractivity contribution >= 4 is 10.0 Å². The van der Waals surface area contributed by atoms with Crippen molar-refractivity contribution in [2.45, 2.75) is 50.4 Å². The molecule has 168 valence electrons. The molecule has 2 atom stereocenters. The summed E-state index contributed by atoms with van der Waals surface area (Å²) in [5.74, 6) is 0.462. The SMILES string of the molecule is C[C@H]1CC[C@H](c2ccccc2)S(=O)(=O)N1Cc1ccc(OCC2CCOCC2)cc1F. The number of nitrogens with zero attached hydrogens (tertiary/aromatic N) is 1. The normalized spacial score (nSPS) is 24.7. The number of halogens is 1. The number of hydrogen-bond donors (Lipinski definition) is 0. The molecule has 5 nitrogen and oxygen atoms in total. The van der Waals surface area contributed by atoms with Gasteiger partial charge >= 0.3 is 0 Å². The van der Waals surface area contributed by atoms with Crippen LogP contribution in [0.4, 0.5) is 4.39 Å². The summed E-state index contributed by atoms with van der Waals surface area (Å²) in [6.07, 6.45) is 3.22. The molecule has 2 aliphatic rings. The lowest BCUT2D eigenvalue weighted by Gasteiger charge is -2.37. The van der Waals surface area contributed by atoms with Crippen LogP contribution in [0, 0.1) is 11.7 Å². The van der Waals surface area contributed by atoms with Crippen LogP contribution in [0.25, 0.3) is 0 Å². The van der Waals surface area contributed by atoms with E-state index < -0.39 is 21.1 Å². The first-order chi connectivity index (χ1) is 14.9. The Morgan fingerprint density at radius 1 is 1.06 bits per heavy atom. The molecule has 2 fully saturated rings. The number of hydrogen-bond acceptors (Lipinski definition) is 4. The van der Waals surface area contributed by atoms with Gasteiger partial charge < -0.3 is 9.47 Å². The van der Waals surface area contributed by atoms with Crippen LogP contribution in [0.1, 0.15) is 49.0 Å². The summed E-state index contributed by atoms with van der Waals surface area (Å²) >= 11 is 0. The summed E-state index contributed by atoms with van der Waals surface area (Å²) in [5.41, 5.74) is 1.15. The summed E-state index contributed by atoms with van der Waals surface area (Å²) in [6.45, 7) is 3.95. The first-order valence-electron chi connectivity index (χ1n) is 11.0. The summed E-state index contributed by atoms with van der Waals surface area (Å²) in [4.78, 5) is 0. The van der Waals surface area contributed by atoms with Crippen molar-refractivity contribution in [3.63, 3.8) is 0 Å². The van der Waals surface area contributed by atoms with Gasteiger partial charge in [0.2, 0.25) is 10.0 Å². The molecule has 2 heterocycles. The van der Waals surface area contributed by atoms with E-state index in [0.29, 0.717) is 30.3 Å². The van der Waals surface area contributed by atoms with E-state index in [0.717, 1.165) is 38.0 Å². The number of ether oxygens (including phenoxy) is 2. The Bertz CT molecular complexity index is 976. The molecule has 7 heteroatoms. The lowest BCUT2D eigenvalue weighted by Crippen LogP contribution is -2.44. The van der Waals surface area contributed by atoms with Gasteiger partial charge in [-0.15, -0.1) is 0 Å². The Kier molecular flexibility index (Phi) is 6.94. The van der Waals surface area contributed by atoms with Crippen molar-refractivity contribution in [3.8, 4) is 5.75 Å². The third kappa shape index (κ3) is 5.10. The Labute approximate surface area is 184 Å². The predicted octanol–water partition coefficient (Wildman–Crippen LogP) is 4.69. The summed E-state index contributed by atoms with van der Waals surface area (Å²) in [7, 11) is -3.59. The van der Waals surface area contributed by atoms with Crippen molar-refractivity contribution in [2.75, 3.05) is 19.8 Å². The van der Waals surface area contributed by atoms with Crippen LogP contribution in [0.3, 0.4) is 0 Å². The zero-order valence-electron chi connectivity index (χ0n) is 17.9. The molecule has 0 aliphatic carbocycles. The van der Waals surface area contributed by atoms with Crippen LogP contribution >= 0.6 is 0 Å². The highest BCUT2D eigenvalue weighted by molar-refractivity contribution is 7.89. The maximum atomic E-state index is 14.8. The summed E-state index contributed by atoms with van der Waals surface area (Å²) in [6, 6.07) is 13.8. The average Bonchev–Trinajstić information content (AvgIpc) is 2.77. The number of benzene rings is 2. The summed E-state index contributed by atoms with van der Waals surface area (Å²) in [5, 5.41) is -0.588. The quantitative estimate of drug-likeness (QED) is 0.645. The van der Waals surface area contributed by atoms with Gasteiger partial charge in [-0.05, 0) is 50.2 Å². The third-order valence-corrected chi connectivity index (χ3v) is 8.74. The lowest BCUT2D eigenvalue weighted by atomic mass is 10.0. The maximum absolute atomic E-state index is 14.8. The summed E-state index contributed by atoms with van der Waals surface area (Å²) < 4.78 is 54.1. The van der Waals surface area contributed by atoms with Gasteiger partial charge in [0.25, 0.3) is 0 Å². The Hall–Kier alpha value is -1.96. The fourth-order valence-electron chi connectivity index (χ4n) is 4.39. The molecule has 0 radical (unpaired) electrons. The molecule has 4 rings (SSSR count). The van der Waals surface area contributed by atoms with Crippen LogP contribution in [0.2, 0.25) is 0 Å². The Balaban J connectivity index is 1.46. The second-order valence-corrected chi connectivity index (χ2v) is 10.6. The fraction of sp³-hybridized carbons (Fsp3) is 0.500. The van der Waals surface area contributed by atoms with Gasteiger partial charge in [-0.2, -0.15) is 4.31 Å². The van der Waals surface area contributed by atoms with Gasteiger partial charge in [-0.3, -0.25) is 0 Å². The highest BCUT2D eigenvalue weighted by Gasteiger charge is 2.40. The molecule has 0 N–H and O–H groups in total. The molecule has 2 aliphatic heterocycles. The third-order valence-electron chi connectivity index (χ3n) is 6.37. The van der Waals surface area contributed by atoms with Crippen molar-refractivity contribution in [1.29, 1.82) is 0 Å². The monoisotopic (exact) mass is 447 g/mol. The number of rotatable bonds is 6. The second-order valence-electron chi connectivity index (χ2n) is 8.54. The van der Waals surface area contributed by atoms with Gasteiger partial charge in [0.05, 0.1) is 6.61 Å². The van der Waals surface area contributed by atoms with Crippen LogP contribution < -0.4 is 4.74 Å². The van der Waals surface area contributed by atoms with Gasteiger partial charge in [0.15, 0.2) is 0 Å². The molecule has 0 aromatic heterocycles. The predicted molar refractivity (Wildman–Crippen MR) is 118 cm³/mol. The van der Waals surface area contributed by atoms with Gasteiger partial charge in [0.1, 0.15) is 16.8 Å². The van der Waals surface area contributed by atoms with E-state index in [1.807, 2.05) is 37.3 Å². The molecular weight excluding hydrogens is 417 g/mol. The highest BCUT2D eigenvalue weighted by atomic mass is 32.2. The topological polar surface area (TPSA) is 55.8 Å². The molecule has 0 bridgehead atoms. The minimum Gasteiger partial charge on any atom is -0.493 e. The smallest absolute Gasteiger partial charge is 0.221 e. The van der Waals surface area contributed by atoms with Crippen molar-refractivity contribution in [2.24, 2.45) is 5.92 Å². The van der Waals surface area contributed by atoms with E-state index >= 15 is 0 Å². The van der Waals surface area contributed by atoms with Gasteiger partial charge in [-0.1, -0.05) is 36.4 Å². The Morgan fingerprint density at radius 2 is 1.81 bits per heavy atom. The molecule has 0 unspecified atom stereocenters. The van der Waals surface area contributed by atoms with E-state index in [1.165, 1.54) is 10.4 Å². The standard InChI is InChI=1S/C24H30FNO4S/c1-18-7-10-24(20-5-3-2-4-6-20)31(27,28)26(18)16-21-8-9-22(15-23(21)25)30-17-19-11-13-29-14-12-19/h2-6,8-9,15,18-19,24H,7,10-14,16-17H2,1H3/t18-,24+/m0/s1. The fourth-order valence-corrected chi connectivity index (χ4v) is 6.58. The molecule has 31 heavy (non-hydrogen) atoms. The molecule has 0 amide bonds. The first kappa shape index (κ1) is 22.2. The average molecular weight is 448 g/mol. The maximum Gasteiger partial charge on any atom is 0.221 e. The molecule has 0 saturated carbocycles. The van der Waals surface area contributed by atoms with Gasteiger partial charge in [-0.25, -0.2) is 12.8 Å². The van der Waals surface area contributed by atoms with Crippen LogP contribution in [0.15, 0.2) is 48.5 Å². The van der Waals surface area contributed by atoms with E-state index in [1.54, 1.807) is 12.1 Å². The van der Waals surface area contributed by atoms with Crippen LogP contribution in [-0.2, 0) is 21.3 Å². The Morgan fingerprint density at radius 3 is 2.52 bits per heavy atom. The largest absolute Gasteiger partial charge is 0.493 e. The zero-order valence-corrected chi connectivity index (χ0v) is 18.7. The molecule has 0 spiro atoms. The minimum atomic E-state index is -3.59. The molecule has 2 aromatic rings. The lowest BCUT2D eigenvalue weighted by molar-refractivity contribution is 0.0497. The first-order valence-corrected chi connectivity index (χ1v) is 12.5. The van der Waals surface area contributed by atoms with Crippen molar-refractivity contribution < 1.29 is 22.3 Å². The highest BCUT2D eigenvalue weighted by Crippen LogP contribution is 2.38. The minimum absolute atomic E-state index is 0.0267. The second kappa shape index (κ2) is 9.67. The van der Waals surface area contributed by atoms with Crippen molar-refractivity contribution in [3.05, 3.63) is 65.5 Å².